The Kier molecular flexibility index (Phi) is 9.91. The van der Waals surface area contributed by atoms with Gasteiger partial charge in [-0.15, -0.1) is 4.80 Å². The Labute approximate surface area is 245 Å². The van der Waals surface area contributed by atoms with Crippen molar-refractivity contribution in [3.8, 4) is 10.8 Å². The van der Waals surface area contributed by atoms with Crippen LogP contribution in [-0.4, -0.2) is 63.5 Å². The molecule has 2 atom stereocenters. The molecular formula is C28H35FN6O6S. The molecule has 12 nitrogen and oxygen atoms in total. The summed E-state index contributed by atoms with van der Waals surface area (Å²) >= 11 is 1.16. The molecule has 4 aromatic rings. The summed E-state index contributed by atoms with van der Waals surface area (Å²) in [6.45, 7) is 7.41. The van der Waals surface area contributed by atoms with Gasteiger partial charge in [-0.25, -0.2) is 13.8 Å². The lowest BCUT2D eigenvalue weighted by Gasteiger charge is -2.23. The van der Waals surface area contributed by atoms with Crippen LogP contribution in [0.4, 0.5) is 4.39 Å². The first-order valence-electron chi connectivity index (χ1n) is 13.5. The van der Waals surface area contributed by atoms with Gasteiger partial charge in [-0.1, -0.05) is 11.3 Å². The summed E-state index contributed by atoms with van der Waals surface area (Å²) in [5, 5.41) is 12.0. The number of carbonyl (C=O) groups excluding carboxylic acids is 1. The number of aryl methyl sites for hydroxylation is 1. The van der Waals surface area contributed by atoms with E-state index in [9.17, 15) is 18.8 Å². The molecule has 3 heterocycles. The third-order valence-corrected chi connectivity index (χ3v) is 8.00. The normalized spacial score (nSPS) is 13.0. The predicted molar refractivity (Wildman–Crippen MR) is 156 cm³/mol. The van der Waals surface area contributed by atoms with Gasteiger partial charge in [0.05, 0.1) is 31.4 Å². The van der Waals surface area contributed by atoms with Crippen molar-refractivity contribution in [3.63, 3.8) is 0 Å². The highest BCUT2D eigenvalue weighted by Gasteiger charge is 2.29. The standard InChI is InChI=1S/C28H35FN6O6S/c1-16(2)32-24(36)18(4)34-25(37)23-17(3)26(35-30-10-11-31-35)42-27(23)33(28(34)38)15-22(41-13-7-12-39-5)20-14-19(29)8-9-21(20)40-6/h8-11,14,16,18,22H,7,12-13,15H2,1-6H3,(H,32,36)/t18?,22-/m0/s1. The number of hydrogen-bond acceptors (Lipinski definition) is 9. The molecule has 42 heavy (non-hydrogen) atoms. The Morgan fingerprint density at radius 2 is 1.83 bits per heavy atom. The summed E-state index contributed by atoms with van der Waals surface area (Å²) in [6, 6.07) is 2.75. The second-order valence-corrected chi connectivity index (χ2v) is 11.0. The zero-order chi connectivity index (χ0) is 30.6. The Hall–Kier alpha value is -3.88. The van der Waals surface area contributed by atoms with Crippen molar-refractivity contribution in [1.82, 2.24) is 29.4 Å². The fourth-order valence-corrected chi connectivity index (χ4v) is 5.90. The fourth-order valence-electron chi connectivity index (χ4n) is 4.68. The number of ether oxygens (including phenoxy) is 3. The highest BCUT2D eigenvalue weighted by atomic mass is 32.1. The molecule has 0 fully saturated rings. The zero-order valence-corrected chi connectivity index (χ0v) is 25.2. The molecule has 0 aliphatic rings. The maximum Gasteiger partial charge on any atom is 0.332 e. The molecule has 0 radical (unpaired) electrons. The fraction of sp³-hybridized carbons (Fsp3) is 0.464. The number of nitrogens with zero attached hydrogens (tertiary/aromatic N) is 5. The average molecular weight is 603 g/mol. The molecule has 1 unspecified atom stereocenters. The van der Waals surface area contributed by atoms with E-state index in [1.807, 2.05) is 0 Å². The largest absolute Gasteiger partial charge is 0.496 e. The van der Waals surface area contributed by atoms with Gasteiger partial charge in [0.25, 0.3) is 5.56 Å². The molecule has 3 aromatic heterocycles. The molecule has 4 rings (SSSR count). The minimum absolute atomic E-state index is 0.104. The van der Waals surface area contributed by atoms with Crippen LogP contribution < -0.4 is 21.3 Å². The SMILES string of the molecule is COCCCO[C@@H](Cn1c(=O)n(C(C)C(=O)NC(C)C)c(=O)c2c(C)c(-n3nccn3)sc21)c1cc(F)ccc1OC. The van der Waals surface area contributed by atoms with Crippen LogP contribution in [0.5, 0.6) is 5.75 Å². The molecule has 226 valence electrons. The van der Waals surface area contributed by atoms with E-state index in [-0.39, 0.29) is 24.6 Å². The molecule has 0 aliphatic heterocycles. The number of nitrogens with one attached hydrogen (secondary N) is 1. The number of amides is 1. The quantitative estimate of drug-likeness (QED) is 0.231. The van der Waals surface area contributed by atoms with Gasteiger partial charge in [0.15, 0.2) is 0 Å². The average Bonchev–Trinajstić information content (AvgIpc) is 3.60. The Balaban J connectivity index is 1.96. The Bertz CT molecular complexity index is 1660. The third-order valence-electron chi connectivity index (χ3n) is 6.71. The molecule has 0 spiro atoms. The van der Waals surface area contributed by atoms with Crippen molar-refractivity contribution in [1.29, 1.82) is 0 Å². The van der Waals surface area contributed by atoms with Crippen LogP contribution in [0.1, 0.15) is 50.5 Å². The third kappa shape index (κ3) is 6.30. The van der Waals surface area contributed by atoms with Gasteiger partial charge in [-0.05, 0) is 52.3 Å². The van der Waals surface area contributed by atoms with E-state index in [1.165, 1.54) is 54.0 Å². The van der Waals surface area contributed by atoms with Crippen LogP contribution in [0.3, 0.4) is 0 Å². The topological polar surface area (TPSA) is 132 Å². The molecule has 0 aliphatic carbocycles. The summed E-state index contributed by atoms with van der Waals surface area (Å²) in [6.07, 6.45) is 2.71. The van der Waals surface area contributed by atoms with Crippen molar-refractivity contribution in [2.75, 3.05) is 27.4 Å². The van der Waals surface area contributed by atoms with E-state index in [2.05, 4.69) is 15.5 Å². The van der Waals surface area contributed by atoms with E-state index in [4.69, 9.17) is 14.2 Å². The van der Waals surface area contributed by atoms with Gasteiger partial charge in [0.2, 0.25) is 5.91 Å². The van der Waals surface area contributed by atoms with E-state index in [1.54, 1.807) is 27.9 Å². The van der Waals surface area contributed by atoms with Crippen LogP contribution in [0.15, 0.2) is 40.2 Å². The number of fused-ring (bicyclic) bond motifs is 1. The summed E-state index contributed by atoms with van der Waals surface area (Å²) in [5.41, 5.74) is -0.372. The van der Waals surface area contributed by atoms with Crippen molar-refractivity contribution in [2.24, 2.45) is 0 Å². The highest BCUT2D eigenvalue weighted by molar-refractivity contribution is 7.21. The van der Waals surface area contributed by atoms with Gasteiger partial charge in [-0.3, -0.25) is 14.2 Å². The van der Waals surface area contributed by atoms with Gasteiger partial charge >= 0.3 is 5.69 Å². The smallest absolute Gasteiger partial charge is 0.332 e. The van der Waals surface area contributed by atoms with E-state index < -0.39 is 35.1 Å². The summed E-state index contributed by atoms with van der Waals surface area (Å²) in [5.74, 6) is -0.605. The molecule has 1 N–H and O–H groups in total. The molecule has 14 heteroatoms. The minimum Gasteiger partial charge on any atom is -0.496 e. The lowest BCUT2D eigenvalue weighted by atomic mass is 10.1. The molecule has 1 amide bonds. The second-order valence-electron chi connectivity index (χ2n) is 10.0. The van der Waals surface area contributed by atoms with Crippen molar-refractivity contribution in [3.05, 3.63) is 68.4 Å². The van der Waals surface area contributed by atoms with Crippen LogP contribution in [0.2, 0.25) is 0 Å². The van der Waals surface area contributed by atoms with Gasteiger partial charge in [-0.2, -0.15) is 10.2 Å². The number of hydrogen-bond donors (Lipinski definition) is 1. The Morgan fingerprint density at radius 1 is 1.12 bits per heavy atom. The van der Waals surface area contributed by atoms with Crippen molar-refractivity contribution >= 4 is 27.5 Å². The Morgan fingerprint density at radius 3 is 2.48 bits per heavy atom. The summed E-state index contributed by atoms with van der Waals surface area (Å²) < 4.78 is 33.7. The lowest BCUT2D eigenvalue weighted by Crippen LogP contribution is -2.47. The number of rotatable bonds is 13. The van der Waals surface area contributed by atoms with Gasteiger partial charge in [0, 0.05) is 37.5 Å². The zero-order valence-electron chi connectivity index (χ0n) is 24.4. The first-order chi connectivity index (χ1) is 20.1. The monoisotopic (exact) mass is 602 g/mol. The number of benzene rings is 1. The van der Waals surface area contributed by atoms with Gasteiger partial charge < -0.3 is 19.5 Å². The first kappa shape index (κ1) is 31.1. The first-order valence-corrected chi connectivity index (χ1v) is 14.3. The molecule has 0 bridgehead atoms. The summed E-state index contributed by atoms with van der Waals surface area (Å²) in [4.78, 5) is 42.8. The highest BCUT2D eigenvalue weighted by Crippen LogP contribution is 2.34. The van der Waals surface area contributed by atoms with E-state index in [0.717, 1.165) is 15.9 Å². The summed E-state index contributed by atoms with van der Waals surface area (Å²) in [7, 11) is 3.04. The second kappa shape index (κ2) is 13.4. The minimum atomic E-state index is -1.11. The number of thiophene rings is 1. The maximum absolute atomic E-state index is 14.5. The van der Waals surface area contributed by atoms with Crippen molar-refractivity contribution in [2.45, 2.75) is 58.8 Å². The van der Waals surface area contributed by atoms with Crippen molar-refractivity contribution < 1.29 is 23.4 Å². The predicted octanol–water partition coefficient (Wildman–Crippen LogP) is 3.14. The molecule has 0 saturated carbocycles. The molecule has 1 aromatic carbocycles. The maximum atomic E-state index is 14.5. The van der Waals surface area contributed by atoms with E-state index in [0.29, 0.717) is 39.7 Å². The molecule has 0 saturated heterocycles. The number of methoxy groups -OCH3 is 2. The number of carbonyl (C=O) groups is 1. The number of halogens is 1. The van der Waals surface area contributed by atoms with Crippen LogP contribution in [0.25, 0.3) is 15.2 Å². The lowest BCUT2D eigenvalue weighted by molar-refractivity contribution is -0.124. The van der Waals surface area contributed by atoms with Crippen LogP contribution in [-0.2, 0) is 20.8 Å². The van der Waals surface area contributed by atoms with Crippen LogP contribution in [0, 0.1) is 12.7 Å². The van der Waals surface area contributed by atoms with Gasteiger partial charge in [0.1, 0.15) is 33.5 Å². The van der Waals surface area contributed by atoms with E-state index >= 15 is 0 Å². The number of aromatic nitrogens is 5. The van der Waals surface area contributed by atoms with Crippen LogP contribution >= 0.6 is 11.3 Å². The molecular weight excluding hydrogens is 567 g/mol.